The number of benzene rings is 1. The molecule has 0 atom stereocenters. The fraction of sp³-hybridized carbons (Fsp3) is 0.143. The molecule has 8 heteroatoms. The van der Waals surface area contributed by atoms with Crippen molar-refractivity contribution in [3.63, 3.8) is 0 Å². The summed E-state index contributed by atoms with van der Waals surface area (Å²) in [6.07, 6.45) is 7.71. The lowest BCUT2D eigenvalue weighted by Gasteiger charge is -2.09. The number of nitrogens with one attached hydrogen (secondary N) is 3. The monoisotopic (exact) mass is 492 g/mol. The van der Waals surface area contributed by atoms with Gasteiger partial charge in [0.05, 0.1) is 34.8 Å². The Morgan fingerprint density at radius 2 is 1.86 bits per heavy atom. The van der Waals surface area contributed by atoms with Crippen molar-refractivity contribution in [1.82, 2.24) is 25.1 Å². The first-order valence-corrected chi connectivity index (χ1v) is 12.7. The number of hydrogen-bond acceptors (Lipinski definition) is 5. The Hall–Kier alpha value is -4.30. The van der Waals surface area contributed by atoms with Crippen molar-refractivity contribution >= 4 is 44.7 Å². The molecule has 6 aromatic rings. The molecule has 6 rings (SSSR count). The van der Waals surface area contributed by atoms with Crippen LogP contribution in [0.5, 0.6) is 0 Å². The lowest BCUT2D eigenvalue weighted by atomic mass is 10.0. The number of anilines is 1. The minimum absolute atomic E-state index is 0.00765. The maximum Gasteiger partial charge on any atom is 0.224 e. The molecule has 36 heavy (non-hydrogen) atoms. The van der Waals surface area contributed by atoms with Crippen molar-refractivity contribution in [3.8, 4) is 33.0 Å². The Morgan fingerprint density at radius 1 is 0.972 bits per heavy atom. The number of aromatic amines is 2. The Bertz CT molecular complexity index is 1700. The summed E-state index contributed by atoms with van der Waals surface area (Å²) in [5, 5.41) is 14.9. The summed E-state index contributed by atoms with van der Waals surface area (Å²) in [6, 6.07) is 14.4. The number of nitrogens with zero attached hydrogens (tertiary/aromatic N) is 3. The van der Waals surface area contributed by atoms with Gasteiger partial charge in [-0.15, -0.1) is 11.3 Å². The molecule has 0 bridgehead atoms. The highest BCUT2D eigenvalue weighted by Crippen LogP contribution is 2.36. The minimum atomic E-state index is -0.00765. The van der Waals surface area contributed by atoms with Crippen LogP contribution in [0.25, 0.3) is 54.8 Å². The number of amides is 1. The molecule has 0 radical (unpaired) electrons. The highest BCUT2D eigenvalue weighted by atomic mass is 32.1. The lowest BCUT2D eigenvalue weighted by molar-refractivity contribution is -0.116. The molecule has 3 N–H and O–H groups in total. The second kappa shape index (κ2) is 9.05. The Kier molecular flexibility index (Phi) is 5.58. The van der Waals surface area contributed by atoms with Gasteiger partial charge in [0.2, 0.25) is 5.91 Å². The van der Waals surface area contributed by atoms with E-state index in [9.17, 15) is 4.79 Å². The third-order valence-electron chi connectivity index (χ3n) is 6.10. The van der Waals surface area contributed by atoms with Crippen molar-refractivity contribution in [2.45, 2.75) is 20.3 Å². The van der Waals surface area contributed by atoms with E-state index in [4.69, 9.17) is 0 Å². The van der Waals surface area contributed by atoms with E-state index < -0.39 is 0 Å². The van der Waals surface area contributed by atoms with Crippen molar-refractivity contribution < 1.29 is 4.79 Å². The van der Waals surface area contributed by atoms with Gasteiger partial charge in [0.1, 0.15) is 5.69 Å². The van der Waals surface area contributed by atoms with Crippen LogP contribution in [-0.2, 0) is 4.79 Å². The predicted molar refractivity (Wildman–Crippen MR) is 146 cm³/mol. The molecule has 0 aliphatic rings. The van der Waals surface area contributed by atoms with E-state index in [1.54, 1.807) is 23.7 Å². The molecule has 0 spiro atoms. The topological polar surface area (TPSA) is 99.3 Å². The van der Waals surface area contributed by atoms with E-state index in [1.165, 1.54) is 4.88 Å². The third kappa shape index (κ3) is 4.16. The van der Waals surface area contributed by atoms with Crippen molar-refractivity contribution in [2.24, 2.45) is 5.92 Å². The van der Waals surface area contributed by atoms with Gasteiger partial charge in [-0.2, -0.15) is 5.10 Å². The summed E-state index contributed by atoms with van der Waals surface area (Å²) < 4.78 is 0. The third-order valence-corrected chi connectivity index (χ3v) is 7.00. The van der Waals surface area contributed by atoms with Crippen LogP contribution in [0.1, 0.15) is 20.3 Å². The Morgan fingerprint density at radius 3 is 2.69 bits per heavy atom. The number of fused-ring (bicyclic) bond motifs is 2. The van der Waals surface area contributed by atoms with Gasteiger partial charge in [-0.25, -0.2) is 0 Å². The lowest BCUT2D eigenvalue weighted by Crippen LogP contribution is -2.13. The molecule has 5 heterocycles. The first-order valence-electron chi connectivity index (χ1n) is 11.8. The van der Waals surface area contributed by atoms with Gasteiger partial charge in [-0.1, -0.05) is 26.0 Å². The Labute approximate surface area is 211 Å². The normalized spacial score (nSPS) is 11.5. The summed E-state index contributed by atoms with van der Waals surface area (Å²) in [6.45, 7) is 4.05. The van der Waals surface area contributed by atoms with E-state index >= 15 is 0 Å². The zero-order chi connectivity index (χ0) is 24.6. The molecule has 7 nitrogen and oxygen atoms in total. The first-order chi connectivity index (χ1) is 17.5. The van der Waals surface area contributed by atoms with Crippen LogP contribution in [0.15, 0.2) is 72.6 Å². The van der Waals surface area contributed by atoms with Crippen LogP contribution < -0.4 is 5.32 Å². The maximum absolute atomic E-state index is 12.2. The summed E-state index contributed by atoms with van der Waals surface area (Å²) >= 11 is 1.70. The SMILES string of the molecule is CC(C)CC(=O)Nc1cncc(-c2ccc3[nH]nc(-c4cc5c(-c6cccs6)cncc5[nH]4)c3c2)c1. The van der Waals surface area contributed by atoms with Gasteiger partial charge in [-0.3, -0.25) is 19.9 Å². The van der Waals surface area contributed by atoms with Crippen LogP contribution in [-0.4, -0.2) is 31.1 Å². The van der Waals surface area contributed by atoms with Gasteiger partial charge in [0.25, 0.3) is 0 Å². The average Bonchev–Trinajstić information content (AvgIpc) is 3.62. The number of carbonyl (C=O) groups excluding carboxylic acids is 1. The van der Waals surface area contributed by atoms with Crippen molar-refractivity contribution in [1.29, 1.82) is 0 Å². The zero-order valence-electron chi connectivity index (χ0n) is 19.9. The number of aromatic nitrogens is 5. The summed E-state index contributed by atoms with van der Waals surface area (Å²) in [7, 11) is 0. The van der Waals surface area contributed by atoms with Gasteiger partial charge < -0.3 is 10.3 Å². The van der Waals surface area contributed by atoms with Crippen molar-refractivity contribution in [2.75, 3.05) is 5.32 Å². The van der Waals surface area contributed by atoms with Crippen LogP contribution in [0.3, 0.4) is 0 Å². The van der Waals surface area contributed by atoms with Gasteiger partial charge in [0, 0.05) is 45.6 Å². The first kappa shape index (κ1) is 22.2. The second-order valence-electron chi connectivity index (χ2n) is 9.25. The molecule has 0 aliphatic heterocycles. The van der Waals surface area contributed by atoms with Gasteiger partial charge in [-0.05, 0) is 47.2 Å². The number of pyridine rings is 2. The van der Waals surface area contributed by atoms with E-state index in [0.717, 1.165) is 49.9 Å². The summed E-state index contributed by atoms with van der Waals surface area (Å²) in [4.78, 5) is 25.7. The number of rotatable bonds is 6. The molecular weight excluding hydrogens is 468 g/mol. The van der Waals surface area contributed by atoms with E-state index in [1.807, 2.05) is 44.4 Å². The molecule has 178 valence electrons. The fourth-order valence-electron chi connectivity index (χ4n) is 4.45. The Balaban J connectivity index is 1.38. The van der Waals surface area contributed by atoms with Crippen LogP contribution >= 0.6 is 11.3 Å². The van der Waals surface area contributed by atoms with Crippen LogP contribution in [0.2, 0.25) is 0 Å². The van der Waals surface area contributed by atoms with E-state index in [0.29, 0.717) is 18.0 Å². The average molecular weight is 493 g/mol. The largest absolute Gasteiger partial charge is 0.352 e. The highest BCUT2D eigenvalue weighted by molar-refractivity contribution is 7.13. The molecule has 5 aromatic heterocycles. The molecule has 0 unspecified atom stereocenters. The number of thiophene rings is 1. The predicted octanol–water partition coefficient (Wildman–Crippen LogP) is 6.88. The second-order valence-corrected chi connectivity index (χ2v) is 10.2. The van der Waals surface area contributed by atoms with E-state index in [-0.39, 0.29) is 5.91 Å². The molecule has 0 saturated heterocycles. The summed E-state index contributed by atoms with van der Waals surface area (Å²) in [5.74, 6) is 0.289. The van der Waals surface area contributed by atoms with E-state index in [2.05, 4.69) is 60.1 Å². The van der Waals surface area contributed by atoms with Crippen LogP contribution in [0.4, 0.5) is 5.69 Å². The number of hydrogen-bond donors (Lipinski definition) is 3. The highest BCUT2D eigenvalue weighted by Gasteiger charge is 2.15. The molecule has 1 amide bonds. The van der Waals surface area contributed by atoms with Crippen LogP contribution in [0, 0.1) is 5.92 Å². The van der Waals surface area contributed by atoms with Gasteiger partial charge >= 0.3 is 0 Å². The molecular formula is C28H24N6OS. The zero-order valence-corrected chi connectivity index (χ0v) is 20.7. The standard InChI is InChI=1S/C28H24N6OS/c1-16(2)8-27(35)31-19-9-18(12-29-13-19)17-5-6-23-21(10-17)28(34-33-23)24-11-20-22(26-4-3-7-36-26)14-30-15-25(20)32-24/h3-7,9-16,32H,8H2,1-2H3,(H,31,35)(H,33,34). The molecule has 0 fully saturated rings. The summed E-state index contributed by atoms with van der Waals surface area (Å²) in [5.41, 5.74) is 7.39. The smallest absolute Gasteiger partial charge is 0.224 e. The number of carbonyl (C=O) groups is 1. The quantitative estimate of drug-likeness (QED) is 0.236. The van der Waals surface area contributed by atoms with Crippen molar-refractivity contribution in [3.05, 3.63) is 72.6 Å². The molecule has 0 aliphatic carbocycles. The maximum atomic E-state index is 12.2. The number of H-pyrrole nitrogens is 2. The molecule has 1 aromatic carbocycles. The molecule has 0 saturated carbocycles. The fourth-order valence-corrected chi connectivity index (χ4v) is 5.21. The minimum Gasteiger partial charge on any atom is -0.352 e. The van der Waals surface area contributed by atoms with Gasteiger partial charge in [0.15, 0.2) is 0 Å².